The van der Waals surface area contributed by atoms with Crippen LogP contribution in [0.2, 0.25) is 0 Å². The fraction of sp³-hybridized carbons (Fsp3) is 0.0714. The summed E-state index contributed by atoms with van der Waals surface area (Å²) in [7, 11) is 0. The third-order valence-corrected chi connectivity index (χ3v) is 12.0. The molecule has 0 N–H and O–H groups in total. The number of furan rings is 1. The first-order chi connectivity index (χ1) is 29.5. The van der Waals surface area contributed by atoms with Crippen molar-refractivity contribution in [1.29, 1.82) is 0 Å². The van der Waals surface area contributed by atoms with Crippen LogP contribution in [0.15, 0.2) is 192 Å². The van der Waals surface area contributed by atoms with E-state index < -0.39 is 0 Å². The molecule has 3 aromatic heterocycles. The van der Waals surface area contributed by atoms with Gasteiger partial charge in [0, 0.05) is 33.0 Å². The fourth-order valence-electron chi connectivity index (χ4n) is 8.95. The van der Waals surface area contributed by atoms with Crippen LogP contribution in [0.25, 0.3) is 106 Å². The number of benzene rings is 8. The van der Waals surface area contributed by atoms with Crippen molar-refractivity contribution in [2.75, 3.05) is 0 Å². The molecule has 8 aromatic carbocycles. The number of fused-ring (bicyclic) bond motifs is 6. The molecule has 4 nitrogen and oxygen atoms in total. The summed E-state index contributed by atoms with van der Waals surface area (Å²) in [5.74, 6) is 0.951. The van der Waals surface area contributed by atoms with Gasteiger partial charge in [0.1, 0.15) is 5.58 Å². The van der Waals surface area contributed by atoms with Crippen molar-refractivity contribution in [2.24, 2.45) is 0 Å². The summed E-state index contributed by atoms with van der Waals surface area (Å²) in [6.07, 6.45) is 0. The first kappa shape index (κ1) is 35.6. The van der Waals surface area contributed by atoms with Gasteiger partial charge in [0.15, 0.2) is 5.82 Å². The molecule has 0 amide bonds. The smallest absolute Gasteiger partial charge is 0.231 e. The van der Waals surface area contributed by atoms with Crippen LogP contribution in [0, 0.1) is 6.92 Å². The Morgan fingerprint density at radius 3 is 1.87 bits per heavy atom. The lowest BCUT2D eigenvalue weighted by atomic mass is 9.86. The largest absolute Gasteiger partial charge is 0.438 e. The van der Waals surface area contributed by atoms with Crippen LogP contribution >= 0.6 is 0 Å². The number of para-hydroxylation sites is 2. The van der Waals surface area contributed by atoms with Gasteiger partial charge in [0.2, 0.25) is 5.71 Å². The molecule has 0 atom stereocenters. The van der Waals surface area contributed by atoms with Gasteiger partial charge in [-0.25, -0.2) is 4.98 Å². The molecule has 0 unspecified atom stereocenters. The molecule has 0 aliphatic rings. The second-order valence-corrected chi connectivity index (χ2v) is 16.0. The molecule has 0 radical (unpaired) electrons. The van der Waals surface area contributed by atoms with Crippen molar-refractivity contribution in [3.8, 4) is 61.7 Å². The monoisotopic (exact) mass is 771 g/mol. The van der Waals surface area contributed by atoms with E-state index in [1.54, 1.807) is 0 Å². The lowest BCUT2D eigenvalue weighted by Gasteiger charge is -2.18. The van der Waals surface area contributed by atoms with E-state index in [1.165, 1.54) is 55.2 Å². The van der Waals surface area contributed by atoms with Gasteiger partial charge in [-0.05, 0) is 112 Å². The number of hydrogen-bond donors (Lipinski definition) is 0. The first-order valence-corrected chi connectivity index (χ1v) is 20.7. The molecular formula is C56H41N3O. The standard InChI is InChI=1S/C56H41N3O/c1-35(2)44-28-25-39(40-27-30-51-49(32-40)45-21-13-14-22-50(45)59(51)43-19-11-6-12-20-43)31-48(44)47-33-42(24-23-36(47)3)54-53-46-29-26-41(37-15-7-4-8-16-37)34-52(46)60-56(53)58-55(57-54)38-17-9-5-10-18-38/h4-35H,1-3H3. The average molecular weight is 772 g/mol. The van der Waals surface area contributed by atoms with E-state index >= 15 is 0 Å². The zero-order valence-electron chi connectivity index (χ0n) is 33.7. The highest BCUT2D eigenvalue weighted by Crippen LogP contribution is 2.42. The van der Waals surface area contributed by atoms with E-state index in [-0.39, 0.29) is 0 Å². The summed E-state index contributed by atoms with van der Waals surface area (Å²) in [5.41, 5.74) is 17.3. The molecule has 286 valence electrons. The molecule has 11 rings (SSSR count). The van der Waals surface area contributed by atoms with Gasteiger partial charge < -0.3 is 8.98 Å². The number of rotatable bonds is 7. The van der Waals surface area contributed by atoms with E-state index in [2.05, 4.69) is 189 Å². The molecule has 0 aliphatic heterocycles. The van der Waals surface area contributed by atoms with Crippen molar-refractivity contribution in [3.63, 3.8) is 0 Å². The zero-order valence-corrected chi connectivity index (χ0v) is 33.7. The van der Waals surface area contributed by atoms with Gasteiger partial charge >= 0.3 is 0 Å². The molecule has 0 saturated carbocycles. The third-order valence-electron chi connectivity index (χ3n) is 12.0. The van der Waals surface area contributed by atoms with Crippen molar-refractivity contribution < 1.29 is 4.42 Å². The second-order valence-electron chi connectivity index (χ2n) is 16.0. The third kappa shape index (κ3) is 5.99. The van der Waals surface area contributed by atoms with Gasteiger partial charge in [0.25, 0.3) is 0 Å². The molecule has 0 fully saturated rings. The summed E-state index contributed by atoms with van der Waals surface area (Å²) in [6.45, 7) is 6.77. The topological polar surface area (TPSA) is 43.9 Å². The SMILES string of the molecule is Cc1ccc(-c2nc(-c3ccccc3)nc3oc4cc(-c5ccccc5)ccc4c23)cc1-c1cc(-c2ccc3c(c2)c2ccccc2n3-c2ccccc2)ccc1C(C)C. The van der Waals surface area contributed by atoms with Gasteiger partial charge in [-0.3, -0.25) is 0 Å². The Morgan fingerprint density at radius 2 is 1.08 bits per heavy atom. The van der Waals surface area contributed by atoms with Crippen LogP contribution in [-0.2, 0) is 0 Å². The number of aryl methyl sites for hydroxylation is 1. The molecule has 11 aromatic rings. The molecule has 0 aliphatic carbocycles. The van der Waals surface area contributed by atoms with Crippen LogP contribution in [-0.4, -0.2) is 14.5 Å². The Bertz CT molecular complexity index is 3400. The lowest BCUT2D eigenvalue weighted by Crippen LogP contribution is -1.97. The molecule has 0 saturated heterocycles. The molecule has 3 heterocycles. The quantitative estimate of drug-likeness (QED) is 0.162. The molecule has 60 heavy (non-hydrogen) atoms. The average Bonchev–Trinajstić information content (AvgIpc) is 3.84. The minimum atomic E-state index is 0.315. The highest BCUT2D eigenvalue weighted by atomic mass is 16.3. The minimum Gasteiger partial charge on any atom is -0.438 e. The fourth-order valence-corrected chi connectivity index (χ4v) is 8.95. The van der Waals surface area contributed by atoms with Crippen molar-refractivity contribution in [2.45, 2.75) is 26.7 Å². The maximum absolute atomic E-state index is 6.62. The Balaban J connectivity index is 1.08. The minimum absolute atomic E-state index is 0.315. The van der Waals surface area contributed by atoms with E-state index in [9.17, 15) is 0 Å². The Morgan fingerprint density at radius 1 is 0.467 bits per heavy atom. The highest BCUT2D eigenvalue weighted by molar-refractivity contribution is 6.12. The zero-order chi connectivity index (χ0) is 40.3. The molecule has 4 heteroatoms. The molecule has 0 spiro atoms. The van der Waals surface area contributed by atoms with Crippen LogP contribution in [0.1, 0.15) is 30.9 Å². The maximum atomic E-state index is 6.62. The van der Waals surface area contributed by atoms with Gasteiger partial charge in [0.05, 0.1) is 22.1 Å². The van der Waals surface area contributed by atoms with Crippen LogP contribution < -0.4 is 0 Å². The summed E-state index contributed by atoms with van der Waals surface area (Å²) in [4.78, 5) is 10.4. The van der Waals surface area contributed by atoms with Crippen molar-refractivity contribution >= 4 is 43.9 Å². The van der Waals surface area contributed by atoms with Gasteiger partial charge in [-0.2, -0.15) is 4.98 Å². The molecular weight excluding hydrogens is 731 g/mol. The predicted octanol–water partition coefficient (Wildman–Crippen LogP) is 15.2. The van der Waals surface area contributed by atoms with Crippen LogP contribution in [0.4, 0.5) is 0 Å². The van der Waals surface area contributed by atoms with E-state index in [4.69, 9.17) is 14.4 Å². The first-order valence-electron chi connectivity index (χ1n) is 20.7. The summed E-state index contributed by atoms with van der Waals surface area (Å²) >= 11 is 0. The lowest BCUT2D eigenvalue weighted by molar-refractivity contribution is 0.654. The van der Waals surface area contributed by atoms with Gasteiger partial charge in [-0.1, -0.05) is 147 Å². The van der Waals surface area contributed by atoms with E-state index in [1.807, 2.05) is 24.3 Å². The van der Waals surface area contributed by atoms with E-state index in [0.29, 0.717) is 17.5 Å². The van der Waals surface area contributed by atoms with Crippen molar-refractivity contribution in [3.05, 3.63) is 199 Å². The second kappa shape index (κ2) is 14.4. The Kier molecular flexibility index (Phi) is 8.52. The summed E-state index contributed by atoms with van der Waals surface area (Å²) < 4.78 is 8.99. The maximum Gasteiger partial charge on any atom is 0.231 e. The van der Waals surface area contributed by atoms with Crippen molar-refractivity contribution in [1.82, 2.24) is 14.5 Å². The predicted molar refractivity (Wildman–Crippen MR) is 250 cm³/mol. The Hall–Kier alpha value is -7.56. The number of hydrogen-bond acceptors (Lipinski definition) is 3. The summed E-state index contributed by atoms with van der Waals surface area (Å²) in [5, 5.41) is 4.40. The highest BCUT2D eigenvalue weighted by Gasteiger charge is 2.21. The normalized spacial score (nSPS) is 11.7. The Labute approximate surface area is 349 Å². The van der Waals surface area contributed by atoms with Gasteiger partial charge in [-0.15, -0.1) is 0 Å². The summed E-state index contributed by atoms with van der Waals surface area (Å²) in [6, 6.07) is 67.1. The molecule has 0 bridgehead atoms. The van der Waals surface area contributed by atoms with Crippen LogP contribution in [0.3, 0.4) is 0 Å². The number of nitrogens with zero attached hydrogens (tertiary/aromatic N) is 3. The van der Waals surface area contributed by atoms with Crippen LogP contribution in [0.5, 0.6) is 0 Å². The number of aromatic nitrogens is 3. The van der Waals surface area contributed by atoms with E-state index in [0.717, 1.165) is 50.0 Å².